The van der Waals surface area contributed by atoms with Crippen LogP contribution >= 0.6 is 0 Å². The summed E-state index contributed by atoms with van der Waals surface area (Å²) in [6, 6.07) is 19.4. The first kappa shape index (κ1) is 30.3. The van der Waals surface area contributed by atoms with E-state index in [9.17, 15) is 27.9 Å². The van der Waals surface area contributed by atoms with Gasteiger partial charge in [-0.2, -0.15) is 27.0 Å². The molecule has 0 spiro atoms. The van der Waals surface area contributed by atoms with Crippen molar-refractivity contribution in [3.05, 3.63) is 102 Å². The quantitative estimate of drug-likeness (QED) is 0.191. The largest absolute Gasteiger partial charge is 0.395 e. The lowest BCUT2D eigenvalue weighted by molar-refractivity contribution is -0.345. The van der Waals surface area contributed by atoms with Gasteiger partial charge in [0.15, 0.2) is 0 Å². The van der Waals surface area contributed by atoms with E-state index in [4.69, 9.17) is 0 Å². The number of rotatable bonds is 12. The molecule has 0 unspecified atom stereocenters. The Balaban J connectivity index is 1.77. The van der Waals surface area contributed by atoms with Crippen LogP contribution in [0.5, 0.6) is 0 Å². The molecule has 0 saturated heterocycles. The average molecular weight is 581 g/mol. The van der Waals surface area contributed by atoms with E-state index in [1.165, 1.54) is 73.7 Å². The summed E-state index contributed by atoms with van der Waals surface area (Å²) in [4.78, 5) is 53.8. The Labute approximate surface area is 226 Å². The molecule has 40 heavy (non-hydrogen) atoms. The van der Waals surface area contributed by atoms with Crippen LogP contribution < -0.4 is 0 Å². The lowest BCUT2D eigenvalue weighted by Crippen LogP contribution is -2.52. The molecule has 0 fully saturated rings. The summed E-state index contributed by atoms with van der Waals surface area (Å²) in [5.41, 5.74) is -0.0226. The Bertz CT molecular complexity index is 1430. The van der Waals surface area contributed by atoms with Gasteiger partial charge in [-0.1, -0.05) is 54.6 Å². The molecular formula is C26H22F2O11S. The molecule has 0 aromatic heterocycles. The summed E-state index contributed by atoms with van der Waals surface area (Å²) in [5, 5.41) is 10.4. The third kappa shape index (κ3) is 7.66. The third-order valence-electron chi connectivity index (χ3n) is 5.15. The zero-order chi connectivity index (χ0) is 29.3. The lowest BCUT2D eigenvalue weighted by atomic mass is 10.1. The minimum atomic E-state index is -5.04. The van der Waals surface area contributed by atoms with Gasteiger partial charge >= 0.3 is 33.9 Å². The predicted molar refractivity (Wildman–Crippen MR) is 130 cm³/mol. The van der Waals surface area contributed by atoms with E-state index >= 15 is 8.78 Å². The van der Waals surface area contributed by atoms with E-state index in [1.807, 2.05) is 0 Å². The van der Waals surface area contributed by atoms with Crippen LogP contribution in [0.1, 0.15) is 26.3 Å². The molecule has 3 aromatic rings. The summed E-state index contributed by atoms with van der Waals surface area (Å²) in [5.74, 6) is -9.93. The fourth-order valence-corrected chi connectivity index (χ4v) is 4.21. The number of carbonyl (C=O) groups excluding carboxylic acids is 3. The van der Waals surface area contributed by atoms with Gasteiger partial charge in [-0.15, -0.1) is 0 Å². The molecule has 3 aromatic carbocycles. The number of benzene rings is 3. The van der Waals surface area contributed by atoms with E-state index in [1.54, 1.807) is 12.1 Å². The van der Waals surface area contributed by atoms with Crippen LogP contribution in [0.25, 0.3) is 0 Å². The Hall–Kier alpha value is -4.24. The van der Waals surface area contributed by atoms with Gasteiger partial charge in [-0.3, -0.25) is 9.78 Å². The maximum Gasteiger partial charge on any atom is 0.395 e. The van der Waals surface area contributed by atoms with Crippen LogP contribution in [0.4, 0.5) is 8.78 Å². The average Bonchev–Trinajstić information content (AvgIpc) is 2.93. The normalized spacial score (nSPS) is 13.1. The molecule has 0 heterocycles. The molecule has 0 aliphatic rings. The van der Waals surface area contributed by atoms with Crippen molar-refractivity contribution in [1.82, 2.24) is 0 Å². The van der Waals surface area contributed by atoms with Gasteiger partial charge in [0.2, 0.25) is 6.10 Å². The van der Waals surface area contributed by atoms with E-state index in [-0.39, 0.29) is 16.7 Å². The SMILES string of the molecule is Cc1ccccc1S(=O)(=O)OC(=O)C(F)(F)[C@H](OOC(=O)c1ccccc1)[C@@H](O)COOC(=O)c1ccccc1. The maximum atomic E-state index is 15.2. The molecular weight excluding hydrogens is 558 g/mol. The Morgan fingerprint density at radius 1 is 0.825 bits per heavy atom. The Morgan fingerprint density at radius 2 is 1.32 bits per heavy atom. The Morgan fingerprint density at radius 3 is 1.88 bits per heavy atom. The second kappa shape index (κ2) is 13.2. The molecule has 1 N–H and O–H groups in total. The summed E-state index contributed by atoms with van der Waals surface area (Å²) in [6.07, 6.45) is -5.61. The minimum Gasteiger partial charge on any atom is -0.387 e. The number of hydrogen-bond donors (Lipinski definition) is 1. The van der Waals surface area contributed by atoms with Crippen LogP contribution in [0.3, 0.4) is 0 Å². The van der Waals surface area contributed by atoms with Crippen LogP contribution in [-0.4, -0.2) is 56.2 Å². The van der Waals surface area contributed by atoms with E-state index in [0.717, 1.165) is 6.07 Å². The van der Waals surface area contributed by atoms with Crippen molar-refractivity contribution in [2.24, 2.45) is 0 Å². The number of carbonyl (C=O) groups is 3. The minimum absolute atomic E-state index is 0.0249. The topological polar surface area (TPSA) is 152 Å². The monoisotopic (exact) mass is 580 g/mol. The van der Waals surface area contributed by atoms with Crippen molar-refractivity contribution < 1.29 is 60.4 Å². The second-order valence-electron chi connectivity index (χ2n) is 8.06. The zero-order valence-corrected chi connectivity index (χ0v) is 21.5. The molecule has 0 aliphatic heterocycles. The molecule has 212 valence electrons. The van der Waals surface area contributed by atoms with Crippen molar-refractivity contribution >= 4 is 28.0 Å². The molecule has 0 bridgehead atoms. The van der Waals surface area contributed by atoms with Crippen molar-refractivity contribution in [2.45, 2.75) is 29.9 Å². The van der Waals surface area contributed by atoms with Crippen molar-refractivity contribution in [3.8, 4) is 0 Å². The summed E-state index contributed by atoms with van der Waals surface area (Å²) >= 11 is 0. The maximum absolute atomic E-state index is 15.2. The molecule has 0 saturated carbocycles. The molecule has 0 radical (unpaired) electrons. The summed E-state index contributed by atoms with van der Waals surface area (Å²) < 4.78 is 59.5. The van der Waals surface area contributed by atoms with Gasteiger partial charge in [-0.25, -0.2) is 14.4 Å². The van der Waals surface area contributed by atoms with Crippen molar-refractivity contribution in [3.63, 3.8) is 0 Å². The fourth-order valence-electron chi connectivity index (χ4n) is 3.10. The first-order valence-corrected chi connectivity index (χ1v) is 12.8. The summed E-state index contributed by atoms with van der Waals surface area (Å²) in [6.45, 7) is 0.116. The first-order valence-electron chi connectivity index (χ1n) is 11.4. The molecule has 14 heteroatoms. The third-order valence-corrected chi connectivity index (χ3v) is 6.51. The molecule has 2 atom stereocenters. The second-order valence-corrected chi connectivity index (χ2v) is 9.57. The van der Waals surface area contributed by atoms with Crippen LogP contribution in [0, 0.1) is 6.92 Å². The van der Waals surface area contributed by atoms with Gasteiger partial charge in [0.25, 0.3) is 0 Å². The molecule has 3 rings (SSSR count). The van der Waals surface area contributed by atoms with E-state index in [0.29, 0.717) is 0 Å². The smallest absolute Gasteiger partial charge is 0.387 e. The van der Waals surface area contributed by atoms with Crippen molar-refractivity contribution in [1.29, 1.82) is 0 Å². The van der Waals surface area contributed by atoms with Crippen LogP contribution in [0.15, 0.2) is 89.8 Å². The molecule has 0 aliphatic carbocycles. The number of aryl methyl sites for hydroxylation is 1. The molecule has 11 nitrogen and oxygen atoms in total. The van der Waals surface area contributed by atoms with Crippen LogP contribution in [-0.2, 0) is 38.6 Å². The van der Waals surface area contributed by atoms with E-state index < -0.39 is 57.7 Å². The number of hydrogen-bond acceptors (Lipinski definition) is 11. The standard InChI is InChI=1S/C26H22F2O11S/c1-17-10-8-9-15-21(17)40(33,34)39-25(32)26(27,28)22(36-38-24(31)19-13-6-3-7-14-19)20(29)16-35-37-23(30)18-11-4-2-5-12-18/h2-15,20,22,29H,16H2,1H3/t20-,22+/m0/s1. The van der Waals surface area contributed by atoms with Crippen LogP contribution in [0.2, 0.25) is 0 Å². The molecule has 0 amide bonds. The van der Waals surface area contributed by atoms with E-state index in [2.05, 4.69) is 23.7 Å². The number of aliphatic hydroxyl groups excluding tert-OH is 1. The van der Waals surface area contributed by atoms with Gasteiger partial charge in [-0.05, 0) is 42.8 Å². The fraction of sp³-hybridized carbons (Fsp3) is 0.192. The van der Waals surface area contributed by atoms with Gasteiger partial charge in [0.1, 0.15) is 17.6 Å². The highest BCUT2D eigenvalue weighted by atomic mass is 32.2. The van der Waals surface area contributed by atoms with Gasteiger partial charge < -0.3 is 9.29 Å². The first-order chi connectivity index (χ1) is 18.9. The summed E-state index contributed by atoms with van der Waals surface area (Å²) in [7, 11) is -5.04. The number of aliphatic hydroxyl groups is 1. The highest BCUT2D eigenvalue weighted by Crippen LogP contribution is 2.29. The lowest BCUT2D eigenvalue weighted by Gasteiger charge is -2.26. The van der Waals surface area contributed by atoms with Crippen molar-refractivity contribution in [2.75, 3.05) is 6.61 Å². The Kier molecular flexibility index (Phi) is 10.0. The predicted octanol–water partition coefficient (Wildman–Crippen LogP) is 3.17. The number of alkyl halides is 2. The highest BCUT2D eigenvalue weighted by molar-refractivity contribution is 7.87. The highest BCUT2D eigenvalue weighted by Gasteiger charge is 2.56. The van der Waals surface area contributed by atoms with Gasteiger partial charge in [0, 0.05) is 0 Å². The number of halogens is 2. The van der Waals surface area contributed by atoms with Gasteiger partial charge in [0.05, 0.1) is 11.1 Å². The zero-order valence-electron chi connectivity index (χ0n) is 20.6.